The zero-order valence-corrected chi connectivity index (χ0v) is 14.5. The van der Waals surface area contributed by atoms with Crippen molar-refractivity contribution in [2.75, 3.05) is 24.6 Å². The Kier molecular flexibility index (Phi) is 5.95. The van der Waals surface area contributed by atoms with Gasteiger partial charge < -0.3 is 15.0 Å². The average Bonchev–Trinajstić information content (AvgIpc) is 3.19. The number of hydrogen-bond donors (Lipinski definition) is 1. The van der Waals surface area contributed by atoms with Gasteiger partial charge in [0.15, 0.2) is 0 Å². The summed E-state index contributed by atoms with van der Waals surface area (Å²) in [5.74, 6) is 0.468. The molecule has 132 valence electrons. The van der Waals surface area contributed by atoms with Crippen molar-refractivity contribution < 1.29 is 9.53 Å². The van der Waals surface area contributed by atoms with E-state index in [0.717, 1.165) is 32.5 Å². The minimum atomic E-state index is -0.159. The molecule has 25 heavy (non-hydrogen) atoms. The second-order valence-electron chi connectivity index (χ2n) is 6.12. The zero-order valence-electron chi connectivity index (χ0n) is 14.5. The highest BCUT2D eigenvalue weighted by Gasteiger charge is 2.17. The Hall–Kier alpha value is -2.47. The predicted molar refractivity (Wildman–Crippen MR) is 96.5 cm³/mol. The summed E-state index contributed by atoms with van der Waals surface area (Å²) in [5, 5.41) is 2.89. The number of ether oxygens (including phenoxy) is 1. The van der Waals surface area contributed by atoms with Gasteiger partial charge in [-0.3, -0.25) is 4.79 Å². The van der Waals surface area contributed by atoms with Gasteiger partial charge in [-0.15, -0.1) is 0 Å². The Bertz CT molecular complexity index is 670. The van der Waals surface area contributed by atoms with Crippen LogP contribution in [0.15, 0.2) is 42.7 Å². The Balaban J connectivity index is 1.59. The Morgan fingerprint density at radius 1 is 1.28 bits per heavy atom. The number of rotatable bonds is 7. The van der Waals surface area contributed by atoms with Gasteiger partial charge in [-0.05, 0) is 25.3 Å². The second kappa shape index (κ2) is 8.58. The molecule has 3 rings (SSSR count). The van der Waals surface area contributed by atoms with E-state index in [0.29, 0.717) is 18.1 Å². The van der Waals surface area contributed by atoms with Crippen molar-refractivity contribution in [3.05, 3.63) is 53.9 Å². The first-order valence-electron chi connectivity index (χ1n) is 8.77. The second-order valence-corrected chi connectivity index (χ2v) is 6.12. The summed E-state index contributed by atoms with van der Waals surface area (Å²) in [6.07, 6.45) is 5.36. The lowest BCUT2D eigenvalue weighted by Gasteiger charge is -2.20. The van der Waals surface area contributed by atoms with Crippen molar-refractivity contribution in [3.8, 4) is 0 Å². The molecule has 1 atom stereocenters. The van der Waals surface area contributed by atoms with Crippen LogP contribution in [0.1, 0.15) is 35.7 Å². The lowest BCUT2D eigenvalue weighted by atomic mass is 10.2. The summed E-state index contributed by atoms with van der Waals surface area (Å²) in [6.45, 7) is 4.91. The third-order valence-electron chi connectivity index (χ3n) is 4.30. The Morgan fingerprint density at radius 3 is 2.68 bits per heavy atom. The van der Waals surface area contributed by atoms with Crippen LogP contribution >= 0.6 is 0 Å². The van der Waals surface area contributed by atoms with Gasteiger partial charge in [-0.2, -0.15) is 0 Å². The molecule has 1 amide bonds. The van der Waals surface area contributed by atoms with Gasteiger partial charge in [0.1, 0.15) is 0 Å². The molecular weight excluding hydrogens is 316 g/mol. The van der Waals surface area contributed by atoms with E-state index in [1.807, 2.05) is 18.2 Å². The maximum atomic E-state index is 12.2. The highest BCUT2D eigenvalue weighted by atomic mass is 16.5. The van der Waals surface area contributed by atoms with Crippen molar-refractivity contribution in [1.82, 2.24) is 15.3 Å². The normalized spacial score (nSPS) is 16.6. The quantitative estimate of drug-likeness (QED) is 0.838. The SMILES string of the molecule is CCN(Cc1ccccc1)c1ncc(C(=O)NCC2CCCO2)cn1. The molecule has 2 aromatic rings. The Labute approximate surface area is 148 Å². The van der Waals surface area contributed by atoms with Gasteiger partial charge in [0.05, 0.1) is 11.7 Å². The minimum absolute atomic E-state index is 0.130. The maximum absolute atomic E-state index is 12.2. The number of hydrogen-bond acceptors (Lipinski definition) is 5. The molecule has 6 nitrogen and oxygen atoms in total. The first-order chi connectivity index (χ1) is 12.3. The molecule has 1 N–H and O–H groups in total. The van der Waals surface area contributed by atoms with Crippen molar-refractivity contribution in [1.29, 1.82) is 0 Å². The monoisotopic (exact) mass is 340 g/mol. The van der Waals surface area contributed by atoms with Gasteiger partial charge in [0.2, 0.25) is 5.95 Å². The summed E-state index contributed by atoms with van der Waals surface area (Å²) in [6, 6.07) is 10.2. The van der Waals surface area contributed by atoms with Gasteiger partial charge in [0.25, 0.3) is 5.91 Å². The van der Waals surface area contributed by atoms with Crippen molar-refractivity contribution >= 4 is 11.9 Å². The fourth-order valence-electron chi connectivity index (χ4n) is 2.84. The standard InChI is InChI=1S/C19H24N4O2/c1-2-23(14-15-7-4-3-5-8-15)19-21-11-16(12-22-19)18(24)20-13-17-9-6-10-25-17/h3-5,7-8,11-12,17H,2,6,9-10,13-14H2,1H3,(H,20,24). The number of nitrogens with zero attached hydrogens (tertiary/aromatic N) is 3. The van der Waals surface area contributed by atoms with Gasteiger partial charge in [-0.25, -0.2) is 9.97 Å². The van der Waals surface area contributed by atoms with Crippen molar-refractivity contribution in [2.24, 2.45) is 0 Å². The molecule has 1 aliphatic heterocycles. The number of aromatic nitrogens is 2. The molecule has 2 heterocycles. The third-order valence-corrected chi connectivity index (χ3v) is 4.30. The molecule has 1 aliphatic rings. The lowest BCUT2D eigenvalue weighted by Crippen LogP contribution is -2.32. The summed E-state index contributed by atoms with van der Waals surface area (Å²) in [7, 11) is 0. The van der Waals surface area contributed by atoms with Crippen LogP contribution in [0.2, 0.25) is 0 Å². The molecule has 0 aliphatic carbocycles. The van der Waals surface area contributed by atoms with E-state index in [-0.39, 0.29) is 12.0 Å². The van der Waals surface area contributed by atoms with Crippen LogP contribution in [0.25, 0.3) is 0 Å². The molecule has 1 fully saturated rings. The number of amides is 1. The highest BCUT2D eigenvalue weighted by molar-refractivity contribution is 5.93. The molecule has 1 aromatic heterocycles. The van der Waals surface area contributed by atoms with Crippen LogP contribution in [-0.4, -0.2) is 41.7 Å². The Morgan fingerprint density at radius 2 is 2.04 bits per heavy atom. The maximum Gasteiger partial charge on any atom is 0.254 e. The molecule has 0 saturated carbocycles. The van der Waals surface area contributed by atoms with Crippen molar-refractivity contribution in [2.45, 2.75) is 32.4 Å². The van der Waals surface area contributed by atoms with Crippen LogP contribution in [0.5, 0.6) is 0 Å². The largest absolute Gasteiger partial charge is 0.376 e. The average molecular weight is 340 g/mol. The van der Waals surface area contributed by atoms with E-state index < -0.39 is 0 Å². The minimum Gasteiger partial charge on any atom is -0.376 e. The molecule has 0 bridgehead atoms. The summed E-state index contributed by atoms with van der Waals surface area (Å²) in [4.78, 5) is 23.0. The smallest absolute Gasteiger partial charge is 0.254 e. The topological polar surface area (TPSA) is 67.4 Å². The third kappa shape index (κ3) is 4.76. The fourth-order valence-corrected chi connectivity index (χ4v) is 2.84. The molecule has 0 radical (unpaired) electrons. The molecule has 1 aromatic carbocycles. The van der Waals surface area contributed by atoms with Crippen LogP contribution < -0.4 is 10.2 Å². The number of carbonyl (C=O) groups is 1. The van der Waals surface area contributed by atoms with Gasteiger partial charge in [0, 0.05) is 38.6 Å². The lowest BCUT2D eigenvalue weighted by molar-refractivity contribution is 0.0857. The van der Waals surface area contributed by atoms with Gasteiger partial charge >= 0.3 is 0 Å². The molecule has 1 unspecified atom stereocenters. The molecule has 0 spiro atoms. The van der Waals surface area contributed by atoms with E-state index in [9.17, 15) is 4.79 Å². The molecular formula is C19H24N4O2. The van der Waals surface area contributed by atoms with E-state index in [4.69, 9.17) is 4.74 Å². The first-order valence-corrected chi connectivity index (χ1v) is 8.77. The number of nitrogens with one attached hydrogen (secondary N) is 1. The van der Waals surface area contributed by atoms with Gasteiger partial charge in [-0.1, -0.05) is 30.3 Å². The van der Waals surface area contributed by atoms with Crippen molar-refractivity contribution in [3.63, 3.8) is 0 Å². The van der Waals surface area contributed by atoms with E-state index in [1.165, 1.54) is 5.56 Å². The zero-order chi connectivity index (χ0) is 17.5. The summed E-state index contributed by atoms with van der Waals surface area (Å²) < 4.78 is 5.51. The van der Waals surface area contributed by atoms with E-state index >= 15 is 0 Å². The van der Waals surface area contributed by atoms with Crippen LogP contribution in [-0.2, 0) is 11.3 Å². The predicted octanol–water partition coefficient (Wildman–Crippen LogP) is 2.41. The van der Waals surface area contributed by atoms with E-state index in [1.54, 1.807) is 12.4 Å². The van der Waals surface area contributed by atoms with Crippen LogP contribution in [0.4, 0.5) is 5.95 Å². The summed E-state index contributed by atoms with van der Waals surface area (Å²) >= 11 is 0. The van der Waals surface area contributed by atoms with E-state index in [2.05, 4.69) is 39.2 Å². The van der Waals surface area contributed by atoms with Crippen LogP contribution in [0.3, 0.4) is 0 Å². The van der Waals surface area contributed by atoms with Crippen LogP contribution in [0, 0.1) is 0 Å². The highest BCUT2D eigenvalue weighted by Crippen LogP contribution is 2.13. The number of anilines is 1. The molecule has 6 heteroatoms. The molecule has 1 saturated heterocycles. The first kappa shape index (κ1) is 17.4. The number of carbonyl (C=O) groups excluding carboxylic acids is 1. The summed E-state index contributed by atoms with van der Waals surface area (Å²) in [5.41, 5.74) is 1.67. The fraction of sp³-hybridized carbons (Fsp3) is 0.421. The number of benzene rings is 1.